The second-order valence-electron chi connectivity index (χ2n) is 7.59. The Hall–Kier alpha value is -3.95. The van der Waals surface area contributed by atoms with Crippen LogP contribution in [0.2, 0.25) is 0 Å². The molecule has 2 aliphatic heterocycles. The number of imide groups is 1. The lowest BCUT2D eigenvalue weighted by Gasteiger charge is -2.21. The van der Waals surface area contributed by atoms with E-state index in [4.69, 9.17) is 9.47 Å². The summed E-state index contributed by atoms with van der Waals surface area (Å²) in [6, 6.07) is 8.36. The van der Waals surface area contributed by atoms with Gasteiger partial charge in [0.05, 0.1) is 19.9 Å². The Balaban J connectivity index is 1.50. The molecular formula is C22H23N5O5. The monoisotopic (exact) mass is 437 g/mol. The van der Waals surface area contributed by atoms with E-state index in [1.54, 1.807) is 24.3 Å². The quantitative estimate of drug-likeness (QED) is 0.694. The molecule has 2 aromatic carbocycles. The second kappa shape index (κ2) is 8.29. The predicted octanol–water partition coefficient (Wildman–Crippen LogP) is 2.25. The molecule has 0 spiro atoms. The number of rotatable bonds is 6. The molecule has 2 heterocycles. The Morgan fingerprint density at radius 3 is 2.44 bits per heavy atom. The maximum absolute atomic E-state index is 13.1. The van der Waals surface area contributed by atoms with Gasteiger partial charge >= 0.3 is 0 Å². The van der Waals surface area contributed by atoms with Crippen molar-refractivity contribution >= 4 is 29.1 Å². The normalized spacial score (nSPS) is 19.4. The summed E-state index contributed by atoms with van der Waals surface area (Å²) in [4.78, 5) is 39.6. The predicted molar refractivity (Wildman–Crippen MR) is 116 cm³/mol. The van der Waals surface area contributed by atoms with Crippen LogP contribution in [-0.2, 0) is 14.4 Å². The number of aryl methyl sites for hydroxylation is 2. The molecule has 32 heavy (non-hydrogen) atoms. The minimum Gasteiger partial charge on any atom is -0.493 e. The summed E-state index contributed by atoms with van der Waals surface area (Å²) in [5.41, 5.74) is 3.14. The van der Waals surface area contributed by atoms with Gasteiger partial charge in [0.25, 0.3) is 11.8 Å². The number of anilines is 2. The van der Waals surface area contributed by atoms with E-state index in [2.05, 4.69) is 15.7 Å². The van der Waals surface area contributed by atoms with Crippen molar-refractivity contribution in [2.75, 3.05) is 31.0 Å². The fourth-order valence-electron chi connectivity index (χ4n) is 3.74. The minimum atomic E-state index is -0.995. The Kier molecular flexibility index (Phi) is 5.52. The Labute approximate surface area is 184 Å². The third kappa shape index (κ3) is 3.64. The van der Waals surface area contributed by atoms with Gasteiger partial charge in [-0.2, -0.15) is 5.11 Å². The highest BCUT2D eigenvalue weighted by Gasteiger charge is 2.55. The van der Waals surface area contributed by atoms with E-state index >= 15 is 0 Å². The molecule has 1 N–H and O–H groups in total. The molecule has 0 saturated carbocycles. The zero-order valence-electron chi connectivity index (χ0n) is 18.2. The Morgan fingerprint density at radius 1 is 1.00 bits per heavy atom. The standard InChI is InChI=1S/C22H23N5O5/c1-12-5-6-14(9-13(12)2)23-18(28)11-26-20-19(24-25-26)21(29)27(22(20)30)15-7-8-16(31-3)17(10-15)32-4/h5-10,19-20H,11H2,1-4H3,(H,23,28)/t19-,20+/m1/s1. The van der Waals surface area contributed by atoms with Crippen LogP contribution in [0.15, 0.2) is 46.7 Å². The number of nitrogens with zero attached hydrogens (tertiary/aromatic N) is 4. The topological polar surface area (TPSA) is 113 Å². The molecule has 0 radical (unpaired) electrons. The molecule has 2 aromatic rings. The highest BCUT2D eigenvalue weighted by Crippen LogP contribution is 2.36. The maximum Gasteiger partial charge on any atom is 0.263 e. The fourth-order valence-corrected chi connectivity index (χ4v) is 3.74. The zero-order chi connectivity index (χ0) is 23.0. The molecule has 4 rings (SSSR count). The molecule has 2 aliphatic rings. The number of ether oxygens (including phenoxy) is 2. The van der Waals surface area contributed by atoms with E-state index in [0.717, 1.165) is 16.0 Å². The molecule has 166 valence electrons. The first-order valence-electron chi connectivity index (χ1n) is 9.98. The van der Waals surface area contributed by atoms with Crippen LogP contribution in [0.25, 0.3) is 0 Å². The molecule has 0 aliphatic carbocycles. The van der Waals surface area contributed by atoms with Crippen LogP contribution in [-0.4, -0.2) is 55.6 Å². The smallest absolute Gasteiger partial charge is 0.263 e. The number of amides is 3. The Morgan fingerprint density at radius 2 is 1.75 bits per heavy atom. The molecule has 2 atom stereocenters. The summed E-state index contributed by atoms with van der Waals surface area (Å²) in [6.45, 7) is 3.73. The van der Waals surface area contributed by atoms with E-state index in [1.807, 2.05) is 26.0 Å². The average Bonchev–Trinajstić information content (AvgIpc) is 3.29. The molecule has 10 nitrogen and oxygen atoms in total. The van der Waals surface area contributed by atoms with Crippen LogP contribution in [0.5, 0.6) is 11.5 Å². The fraction of sp³-hybridized carbons (Fsp3) is 0.318. The third-order valence-electron chi connectivity index (χ3n) is 5.58. The highest BCUT2D eigenvalue weighted by molar-refractivity contribution is 6.25. The number of benzene rings is 2. The van der Waals surface area contributed by atoms with Gasteiger partial charge < -0.3 is 14.8 Å². The maximum atomic E-state index is 13.1. The van der Waals surface area contributed by atoms with Crippen LogP contribution in [0.3, 0.4) is 0 Å². The molecule has 3 amide bonds. The first-order chi connectivity index (χ1) is 15.3. The molecule has 0 aromatic heterocycles. The Bertz CT molecular complexity index is 1130. The summed E-state index contributed by atoms with van der Waals surface area (Å²) >= 11 is 0. The van der Waals surface area contributed by atoms with Gasteiger partial charge in [0, 0.05) is 11.8 Å². The van der Waals surface area contributed by atoms with Crippen molar-refractivity contribution in [1.29, 1.82) is 0 Å². The number of hydrogen-bond acceptors (Lipinski definition) is 8. The number of nitrogens with one attached hydrogen (secondary N) is 1. The van der Waals surface area contributed by atoms with E-state index in [9.17, 15) is 14.4 Å². The molecule has 0 unspecified atom stereocenters. The highest BCUT2D eigenvalue weighted by atomic mass is 16.5. The van der Waals surface area contributed by atoms with Gasteiger partial charge in [0.15, 0.2) is 23.6 Å². The van der Waals surface area contributed by atoms with Crippen LogP contribution in [0.4, 0.5) is 11.4 Å². The SMILES string of the molecule is COc1ccc(N2C(=O)[C@@H]3[C@@H](N=NN3CC(=O)Nc3ccc(C)c(C)c3)C2=O)cc1OC. The summed E-state index contributed by atoms with van der Waals surface area (Å²) in [5, 5.41) is 11.9. The van der Waals surface area contributed by atoms with Crippen molar-refractivity contribution in [2.45, 2.75) is 25.9 Å². The largest absolute Gasteiger partial charge is 0.493 e. The van der Waals surface area contributed by atoms with Gasteiger partial charge in [-0.1, -0.05) is 11.3 Å². The van der Waals surface area contributed by atoms with Crippen molar-refractivity contribution in [2.24, 2.45) is 10.3 Å². The van der Waals surface area contributed by atoms with Crippen molar-refractivity contribution in [3.63, 3.8) is 0 Å². The van der Waals surface area contributed by atoms with E-state index in [-0.39, 0.29) is 12.5 Å². The zero-order valence-corrected chi connectivity index (χ0v) is 18.2. The van der Waals surface area contributed by atoms with Crippen LogP contribution < -0.4 is 19.7 Å². The third-order valence-corrected chi connectivity index (χ3v) is 5.58. The average molecular weight is 437 g/mol. The lowest BCUT2D eigenvalue weighted by molar-refractivity contribution is -0.123. The van der Waals surface area contributed by atoms with E-state index in [0.29, 0.717) is 22.9 Å². The number of hydrogen-bond donors (Lipinski definition) is 1. The van der Waals surface area contributed by atoms with Gasteiger partial charge in [-0.25, -0.2) is 4.90 Å². The van der Waals surface area contributed by atoms with Gasteiger partial charge in [-0.3, -0.25) is 19.4 Å². The first-order valence-corrected chi connectivity index (χ1v) is 9.98. The summed E-state index contributed by atoms with van der Waals surface area (Å²) in [6.07, 6.45) is 0. The summed E-state index contributed by atoms with van der Waals surface area (Å²) in [7, 11) is 2.96. The lowest BCUT2D eigenvalue weighted by Crippen LogP contribution is -2.43. The van der Waals surface area contributed by atoms with Crippen LogP contribution >= 0.6 is 0 Å². The first kappa shape index (κ1) is 21.3. The van der Waals surface area contributed by atoms with E-state index < -0.39 is 23.9 Å². The molecule has 1 saturated heterocycles. The van der Waals surface area contributed by atoms with Crippen molar-refractivity contribution in [1.82, 2.24) is 5.01 Å². The van der Waals surface area contributed by atoms with Gasteiger partial charge in [-0.15, -0.1) is 0 Å². The molecular weight excluding hydrogens is 414 g/mol. The molecule has 10 heteroatoms. The number of methoxy groups -OCH3 is 2. The van der Waals surface area contributed by atoms with Crippen LogP contribution in [0.1, 0.15) is 11.1 Å². The molecule has 1 fully saturated rings. The number of fused-ring (bicyclic) bond motifs is 1. The van der Waals surface area contributed by atoms with E-state index in [1.165, 1.54) is 19.2 Å². The minimum absolute atomic E-state index is 0.212. The van der Waals surface area contributed by atoms with Gasteiger partial charge in [0.1, 0.15) is 6.54 Å². The number of carbonyl (C=O) groups excluding carboxylic acids is 3. The van der Waals surface area contributed by atoms with Crippen LogP contribution in [0, 0.1) is 13.8 Å². The van der Waals surface area contributed by atoms with Crippen molar-refractivity contribution in [3.05, 3.63) is 47.5 Å². The van der Waals surface area contributed by atoms with Gasteiger partial charge in [0.2, 0.25) is 5.91 Å². The number of carbonyl (C=O) groups is 3. The summed E-state index contributed by atoms with van der Waals surface area (Å²) < 4.78 is 10.5. The summed E-state index contributed by atoms with van der Waals surface area (Å²) in [5.74, 6) is -0.518. The molecule has 0 bridgehead atoms. The van der Waals surface area contributed by atoms with Crippen molar-refractivity contribution < 1.29 is 23.9 Å². The lowest BCUT2D eigenvalue weighted by atomic mass is 10.1. The second-order valence-corrected chi connectivity index (χ2v) is 7.59. The van der Waals surface area contributed by atoms with Crippen molar-refractivity contribution in [3.8, 4) is 11.5 Å². The van der Waals surface area contributed by atoms with Gasteiger partial charge in [-0.05, 0) is 49.2 Å².